The number of pyridine rings is 1. The lowest BCUT2D eigenvalue weighted by atomic mass is 9.91. The number of ether oxygens (including phenoxy) is 1. The van der Waals surface area contributed by atoms with Crippen molar-refractivity contribution in [2.24, 2.45) is 5.92 Å². The number of rotatable bonds is 7. The number of aliphatic hydroxyl groups is 1. The highest BCUT2D eigenvalue weighted by Gasteiger charge is 2.47. The van der Waals surface area contributed by atoms with Crippen LogP contribution in [0.4, 0.5) is 20.3 Å². The van der Waals surface area contributed by atoms with Crippen LogP contribution in [0, 0.1) is 12.8 Å². The van der Waals surface area contributed by atoms with Crippen molar-refractivity contribution in [3.63, 3.8) is 0 Å². The molecule has 2 aromatic heterocycles. The normalized spacial score (nSPS) is 17.7. The van der Waals surface area contributed by atoms with Crippen molar-refractivity contribution in [3.05, 3.63) is 53.3 Å². The molecule has 2 fully saturated rings. The number of hydrogen-bond donors (Lipinski definition) is 2. The van der Waals surface area contributed by atoms with Crippen molar-refractivity contribution in [1.29, 1.82) is 0 Å². The predicted molar refractivity (Wildman–Crippen MR) is 144 cm³/mol. The van der Waals surface area contributed by atoms with E-state index in [0.717, 1.165) is 24.9 Å². The number of nitrogens with zero attached hydrogens (tertiary/aromatic N) is 5. The van der Waals surface area contributed by atoms with Crippen LogP contribution in [0.25, 0.3) is 10.9 Å². The lowest BCUT2D eigenvalue weighted by Gasteiger charge is -2.39. The number of anilines is 2. The fourth-order valence-electron chi connectivity index (χ4n) is 4.89. The number of fused-ring (bicyclic) bond motifs is 1. The van der Waals surface area contributed by atoms with Gasteiger partial charge >= 0.3 is 5.92 Å². The zero-order chi connectivity index (χ0) is 27.9. The van der Waals surface area contributed by atoms with E-state index in [0.29, 0.717) is 62.0 Å². The molecule has 0 saturated carbocycles. The SMILES string of the molecule is Cc1nnc(N[C@H](C)c2cccc(C(F)(F)C(C)(C)O)c2)c2cc(N3CCN(C(=O)C4COC4)CC3)cnc12. The van der Waals surface area contributed by atoms with Crippen LogP contribution >= 0.6 is 0 Å². The highest BCUT2D eigenvalue weighted by atomic mass is 19.3. The number of alkyl halides is 2. The Hall–Kier alpha value is -3.44. The molecule has 11 heteroatoms. The first-order chi connectivity index (χ1) is 18.5. The molecular weight excluding hydrogens is 506 g/mol. The summed E-state index contributed by atoms with van der Waals surface area (Å²) in [6, 6.07) is 7.67. The van der Waals surface area contributed by atoms with Gasteiger partial charge in [0.25, 0.3) is 0 Å². The Kier molecular flexibility index (Phi) is 7.15. The van der Waals surface area contributed by atoms with Crippen LogP contribution in [-0.2, 0) is 15.5 Å². The van der Waals surface area contributed by atoms with Gasteiger partial charge in [-0.1, -0.05) is 18.2 Å². The number of benzene rings is 1. The van der Waals surface area contributed by atoms with Gasteiger partial charge < -0.3 is 25.0 Å². The number of aromatic nitrogens is 3. The van der Waals surface area contributed by atoms with Gasteiger partial charge in [0.15, 0.2) is 5.82 Å². The van der Waals surface area contributed by atoms with Crippen molar-refractivity contribution in [1.82, 2.24) is 20.1 Å². The Labute approximate surface area is 226 Å². The largest absolute Gasteiger partial charge is 0.384 e. The van der Waals surface area contributed by atoms with Gasteiger partial charge in [-0.15, -0.1) is 5.10 Å². The third kappa shape index (κ3) is 5.25. The number of hydrogen-bond acceptors (Lipinski definition) is 8. The van der Waals surface area contributed by atoms with Gasteiger partial charge in [0.05, 0.1) is 48.3 Å². The Balaban J connectivity index is 1.36. The zero-order valence-corrected chi connectivity index (χ0v) is 22.6. The Morgan fingerprint density at radius 3 is 2.51 bits per heavy atom. The number of piperazine rings is 1. The predicted octanol–water partition coefficient (Wildman–Crippen LogP) is 3.66. The fourth-order valence-corrected chi connectivity index (χ4v) is 4.89. The second-order valence-corrected chi connectivity index (χ2v) is 10.9. The van der Waals surface area contributed by atoms with Crippen LogP contribution in [0.1, 0.15) is 43.6 Å². The second-order valence-electron chi connectivity index (χ2n) is 10.9. The van der Waals surface area contributed by atoms with E-state index in [1.54, 1.807) is 12.1 Å². The van der Waals surface area contributed by atoms with E-state index in [1.807, 2.05) is 31.0 Å². The molecule has 2 aliphatic heterocycles. The molecule has 0 unspecified atom stereocenters. The molecule has 0 aliphatic carbocycles. The van der Waals surface area contributed by atoms with E-state index >= 15 is 0 Å². The molecule has 5 rings (SSSR count). The second kappa shape index (κ2) is 10.3. The zero-order valence-electron chi connectivity index (χ0n) is 22.6. The summed E-state index contributed by atoms with van der Waals surface area (Å²) in [6.07, 6.45) is 1.81. The smallest absolute Gasteiger partial charge is 0.300 e. The van der Waals surface area contributed by atoms with E-state index in [9.17, 15) is 18.7 Å². The van der Waals surface area contributed by atoms with Crippen LogP contribution in [0.2, 0.25) is 0 Å². The maximum atomic E-state index is 14.8. The fraction of sp³-hybridized carbons (Fsp3) is 0.500. The summed E-state index contributed by atoms with van der Waals surface area (Å²) in [6.45, 7) is 9.55. The van der Waals surface area contributed by atoms with E-state index in [1.165, 1.54) is 12.1 Å². The van der Waals surface area contributed by atoms with Crippen molar-refractivity contribution in [2.75, 3.05) is 49.6 Å². The molecule has 39 heavy (non-hydrogen) atoms. The van der Waals surface area contributed by atoms with Crippen LogP contribution < -0.4 is 10.2 Å². The highest BCUT2D eigenvalue weighted by molar-refractivity contribution is 5.92. The lowest BCUT2D eigenvalue weighted by molar-refractivity contribution is -0.168. The van der Waals surface area contributed by atoms with Crippen molar-refractivity contribution < 1.29 is 23.4 Å². The van der Waals surface area contributed by atoms with Gasteiger partial charge in [0.1, 0.15) is 5.60 Å². The molecule has 3 aromatic rings. The van der Waals surface area contributed by atoms with Crippen LogP contribution in [0.15, 0.2) is 36.5 Å². The van der Waals surface area contributed by atoms with Crippen LogP contribution in [-0.4, -0.2) is 76.1 Å². The first-order valence-corrected chi connectivity index (χ1v) is 13.2. The Morgan fingerprint density at radius 2 is 1.87 bits per heavy atom. The minimum atomic E-state index is -3.42. The third-order valence-electron chi connectivity index (χ3n) is 7.59. The number of carbonyl (C=O) groups is 1. The average molecular weight is 541 g/mol. The van der Waals surface area contributed by atoms with Crippen LogP contribution in [0.5, 0.6) is 0 Å². The standard InChI is InChI=1S/C28H34F2N6O3/c1-17(19-6-5-7-21(12-19)28(29,30)27(3,4)38)32-25-23-13-22(14-31-24(23)18(2)33-34-25)35-8-10-36(11-9-35)26(37)20-15-39-16-20/h5-7,12-14,17,20,38H,8-11,15-16H2,1-4H3,(H,32,34)/t17-/m1/s1. The summed E-state index contributed by atoms with van der Waals surface area (Å²) in [7, 11) is 0. The van der Waals surface area contributed by atoms with E-state index < -0.39 is 11.5 Å². The monoisotopic (exact) mass is 540 g/mol. The lowest BCUT2D eigenvalue weighted by Crippen LogP contribution is -2.53. The quantitative estimate of drug-likeness (QED) is 0.468. The molecular formula is C28H34F2N6O3. The molecule has 4 heterocycles. The summed E-state index contributed by atoms with van der Waals surface area (Å²) >= 11 is 0. The number of carbonyl (C=O) groups excluding carboxylic acids is 1. The summed E-state index contributed by atoms with van der Waals surface area (Å²) in [4.78, 5) is 21.3. The van der Waals surface area contributed by atoms with Gasteiger partial charge in [0, 0.05) is 37.1 Å². The summed E-state index contributed by atoms with van der Waals surface area (Å²) in [5.74, 6) is -2.78. The van der Waals surface area contributed by atoms with E-state index in [-0.39, 0.29) is 23.4 Å². The molecule has 1 atom stereocenters. The molecule has 2 N–H and O–H groups in total. The molecule has 208 valence electrons. The van der Waals surface area contributed by atoms with Gasteiger partial charge in [-0.25, -0.2) is 0 Å². The first kappa shape index (κ1) is 27.1. The number of halogens is 2. The molecule has 2 saturated heterocycles. The number of aryl methyl sites for hydroxylation is 1. The molecule has 0 radical (unpaired) electrons. The highest BCUT2D eigenvalue weighted by Crippen LogP contribution is 2.39. The number of amides is 1. The van der Waals surface area contributed by atoms with Crippen molar-refractivity contribution in [2.45, 2.75) is 45.3 Å². The Bertz CT molecular complexity index is 1370. The van der Waals surface area contributed by atoms with E-state index in [4.69, 9.17) is 4.74 Å². The summed E-state index contributed by atoms with van der Waals surface area (Å²) in [5, 5.41) is 22.7. The number of nitrogens with one attached hydrogen (secondary N) is 1. The topological polar surface area (TPSA) is 104 Å². The minimum Gasteiger partial charge on any atom is -0.384 e. The maximum Gasteiger partial charge on any atom is 0.300 e. The molecule has 9 nitrogen and oxygen atoms in total. The maximum absolute atomic E-state index is 14.8. The van der Waals surface area contributed by atoms with Gasteiger partial charge in [-0.3, -0.25) is 9.78 Å². The van der Waals surface area contributed by atoms with Gasteiger partial charge in [-0.2, -0.15) is 13.9 Å². The molecule has 0 bridgehead atoms. The molecule has 1 aromatic carbocycles. The molecule has 0 spiro atoms. The van der Waals surface area contributed by atoms with Gasteiger partial charge in [-0.05, 0) is 45.4 Å². The third-order valence-corrected chi connectivity index (χ3v) is 7.59. The van der Waals surface area contributed by atoms with Crippen molar-refractivity contribution >= 4 is 28.3 Å². The van der Waals surface area contributed by atoms with E-state index in [2.05, 4.69) is 25.4 Å². The van der Waals surface area contributed by atoms with Crippen molar-refractivity contribution in [3.8, 4) is 0 Å². The molecule has 1 amide bonds. The molecule has 2 aliphatic rings. The average Bonchev–Trinajstić information content (AvgIpc) is 2.88. The Morgan fingerprint density at radius 1 is 1.15 bits per heavy atom. The van der Waals surface area contributed by atoms with Gasteiger partial charge in [0.2, 0.25) is 5.91 Å². The minimum absolute atomic E-state index is 0.0156. The summed E-state index contributed by atoms with van der Waals surface area (Å²) in [5.41, 5.74) is 0.454. The summed E-state index contributed by atoms with van der Waals surface area (Å²) < 4.78 is 34.8. The van der Waals surface area contributed by atoms with Crippen LogP contribution in [0.3, 0.4) is 0 Å². The first-order valence-electron chi connectivity index (χ1n) is 13.2.